The quantitative estimate of drug-likeness (QED) is 0.778. The van der Waals surface area contributed by atoms with Crippen molar-refractivity contribution in [2.24, 2.45) is 0 Å². The van der Waals surface area contributed by atoms with E-state index in [1.807, 2.05) is 18.2 Å². The number of hydrogen-bond acceptors (Lipinski definition) is 4. The van der Waals surface area contributed by atoms with Crippen LogP contribution < -0.4 is 4.74 Å². The second-order valence-corrected chi connectivity index (χ2v) is 3.87. The Bertz CT molecular complexity index is 354. The highest BCUT2D eigenvalue weighted by Crippen LogP contribution is 2.25. The molecular formula is C11H13BrO4. The molecule has 1 atom stereocenters. The van der Waals surface area contributed by atoms with Gasteiger partial charge in [0.1, 0.15) is 5.75 Å². The topological polar surface area (TPSA) is 44.8 Å². The van der Waals surface area contributed by atoms with Crippen LogP contribution in [0.3, 0.4) is 0 Å². The molecule has 0 saturated carbocycles. The molecule has 1 aromatic rings. The number of halogens is 1. The van der Waals surface area contributed by atoms with Crippen LogP contribution in [0.1, 0.15) is 0 Å². The van der Waals surface area contributed by atoms with Gasteiger partial charge in [-0.15, -0.1) is 0 Å². The van der Waals surface area contributed by atoms with Gasteiger partial charge in [0.25, 0.3) is 0 Å². The zero-order valence-electron chi connectivity index (χ0n) is 9.10. The summed E-state index contributed by atoms with van der Waals surface area (Å²) in [5.74, 6) is 0.118. The van der Waals surface area contributed by atoms with Gasteiger partial charge >= 0.3 is 5.97 Å². The molecular weight excluding hydrogens is 276 g/mol. The second kappa shape index (κ2) is 6.50. The molecule has 0 radical (unpaired) electrons. The van der Waals surface area contributed by atoms with Crippen LogP contribution in [-0.4, -0.2) is 32.9 Å². The summed E-state index contributed by atoms with van der Waals surface area (Å²) in [5.41, 5.74) is 0. The molecule has 0 aromatic heterocycles. The minimum Gasteiger partial charge on any atom is -0.475 e. The van der Waals surface area contributed by atoms with Crippen molar-refractivity contribution in [1.82, 2.24) is 0 Å². The normalized spacial score (nSPS) is 11.9. The van der Waals surface area contributed by atoms with E-state index in [1.165, 1.54) is 14.2 Å². The fraction of sp³-hybridized carbons (Fsp3) is 0.364. The van der Waals surface area contributed by atoms with E-state index in [1.54, 1.807) is 6.07 Å². The molecule has 5 heteroatoms. The average Bonchev–Trinajstić information content (AvgIpc) is 2.30. The first-order chi connectivity index (χ1) is 7.69. The summed E-state index contributed by atoms with van der Waals surface area (Å²) >= 11 is 3.33. The molecule has 0 aliphatic carbocycles. The zero-order valence-corrected chi connectivity index (χ0v) is 10.7. The molecule has 0 heterocycles. The highest BCUT2D eigenvalue weighted by atomic mass is 79.9. The summed E-state index contributed by atoms with van der Waals surface area (Å²) in [6.07, 6.45) is -0.756. The highest BCUT2D eigenvalue weighted by molar-refractivity contribution is 9.10. The standard InChI is InChI=1S/C11H13BrO4/c1-14-7-10(11(13)15-2)16-9-6-4-3-5-8(9)12/h3-6,10H,7H2,1-2H3. The van der Waals surface area contributed by atoms with Crippen molar-refractivity contribution in [3.8, 4) is 5.75 Å². The fourth-order valence-electron chi connectivity index (χ4n) is 1.13. The predicted octanol–water partition coefficient (Wildman–Crippen LogP) is 2.02. The Morgan fingerprint density at radius 2 is 2.06 bits per heavy atom. The number of carbonyl (C=O) groups is 1. The van der Waals surface area contributed by atoms with Crippen molar-refractivity contribution >= 4 is 21.9 Å². The number of esters is 1. The summed E-state index contributed by atoms with van der Waals surface area (Å²) < 4.78 is 15.8. The average molecular weight is 289 g/mol. The van der Waals surface area contributed by atoms with Gasteiger partial charge in [0.2, 0.25) is 6.10 Å². The fourth-order valence-corrected chi connectivity index (χ4v) is 1.50. The monoisotopic (exact) mass is 288 g/mol. The number of carbonyl (C=O) groups excluding carboxylic acids is 1. The maximum Gasteiger partial charge on any atom is 0.349 e. The van der Waals surface area contributed by atoms with Crippen LogP contribution >= 0.6 is 15.9 Å². The van der Waals surface area contributed by atoms with Crippen LogP contribution in [0, 0.1) is 0 Å². The molecule has 0 spiro atoms. The molecule has 16 heavy (non-hydrogen) atoms. The van der Waals surface area contributed by atoms with Crippen LogP contribution in [0.2, 0.25) is 0 Å². The number of methoxy groups -OCH3 is 2. The number of para-hydroxylation sites is 1. The van der Waals surface area contributed by atoms with Crippen molar-refractivity contribution < 1.29 is 19.0 Å². The molecule has 0 aliphatic heterocycles. The SMILES string of the molecule is COCC(Oc1ccccc1Br)C(=O)OC. The second-order valence-electron chi connectivity index (χ2n) is 3.02. The number of ether oxygens (including phenoxy) is 3. The molecule has 4 nitrogen and oxygen atoms in total. The molecule has 0 fully saturated rings. The van der Waals surface area contributed by atoms with Crippen LogP contribution in [0.5, 0.6) is 5.75 Å². The Hall–Kier alpha value is -1.07. The maximum absolute atomic E-state index is 11.4. The van der Waals surface area contributed by atoms with Crippen molar-refractivity contribution in [3.05, 3.63) is 28.7 Å². The summed E-state index contributed by atoms with van der Waals surface area (Å²) in [4.78, 5) is 11.4. The van der Waals surface area contributed by atoms with E-state index < -0.39 is 12.1 Å². The van der Waals surface area contributed by atoms with Crippen LogP contribution in [0.15, 0.2) is 28.7 Å². The van der Waals surface area contributed by atoms with Gasteiger partial charge in [0, 0.05) is 7.11 Å². The number of benzene rings is 1. The lowest BCUT2D eigenvalue weighted by atomic mass is 10.3. The largest absolute Gasteiger partial charge is 0.475 e. The molecule has 0 aliphatic rings. The van der Waals surface area contributed by atoms with E-state index in [-0.39, 0.29) is 6.61 Å². The summed E-state index contributed by atoms with van der Waals surface area (Å²) in [7, 11) is 2.81. The molecule has 0 saturated heterocycles. The smallest absolute Gasteiger partial charge is 0.349 e. The van der Waals surface area contributed by atoms with Gasteiger partial charge in [-0.2, -0.15) is 0 Å². The zero-order chi connectivity index (χ0) is 12.0. The van der Waals surface area contributed by atoms with Crippen molar-refractivity contribution in [1.29, 1.82) is 0 Å². The minimum atomic E-state index is -0.756. The van der Waals surface area contributed by atoms with Crippen LogP contribution in [0.4, 0.5) is 0 Å². The van der Waals surface area contributed by atoms with E-state index in [0.717, 1.165) is 4.47 Å². The van der Waals surface area contributed by atoms with Gasteiger partial charge in [0.05, 0.1) is 18.2 Å². The van der Waals surface area contributed by atoms with Gasteiger partial charge in [-0.3, -0.25) is 0 Å². The van der Waals surface area contributed by atoms with Gasteiger partial charge < -0.3 is 14.2 Å². The Labute approximate surface area is 103 Å². The Morgan fingerprint density at radius 1 is 1.38 bits per heavy atom. The molecule has 1 aromatic carbocycles. The number of rotatable bonds is 5. The Morgan fingerprint density at radius 3 is 2.62 bits per heavy atom. The lowest BCUT2D eigenvalue weighted by molar-refractivity contribution is -0.151. The summed E-state index contributed by atoms with van der Waals surface area (Å²) in [6.45, 7) is 0.147. The third-order valence-corrected chi connectivity index (χ3v) is 2.54. The molecule has 88 valence electrons. The van der Waals surface area contributed by atoms with Gasteiger partial charge in [-0.25, -0.2) is 4.79 Å². The first-order valence-electron chi connectivity index (χ1n) is 4.67. The Balaban J connectivity index is 2.75. The van der Waals surface area contributed by atoms with Crippen molar-refractivity contribution in [2.75, 3.05) is 20.8 Å². The maximum atomic E-state index is 11.4. The van der Waals surface area contributed by atoms with Gasteiger partial charge in [-0.1, -0.05) is 12.1 Å². The van der Waals surface area contributed by atoms with Crippen LogP contribution in [-0.2, 0) is 14.3 Å². The van der Waals surface area contributed by atoms with E-state index in [0.29, 0.717) is 5.75 Å². The Kier molecular flexibility index (Phi) is 5.28. The van der Waals surface area contributed by atoms with E-state index in [9.17, 15) is 4.79 Å². The predicted molar refractivity (Wildman–Crippen MR) is 62.5 cm³/mol. The summed E-state index contributed by atoms with van der Waals surface area (Å²) in [6, 6.07) is 7.27. The minimum absolute atomic E-state index is 0.147. The lowest BCUT2D eigenvalue weighted by Gasteiger charge is -2.16. The third kappa shape index (κ3) is 3.50. The summed E-state index contributed by atoms with van der Waals surface area (Å²) in [5, 5.41) is 0. The molecule has 0 N–H and O–H groups in total. The van der Waals surface area contributed by atoms with Gasteiger partial charge in [0.15, 0.2) is 0 Å². The third-order valence-electron chi connectivity index (χ3n) is 1.89. The van der Waals surface area contributed by atoms with E-state index in [2.05, 4.69) is 20.7 Å². The molecule has 0 bridgehead atoms. The first kappa shape index (κ1) is 13.0. The molecule has 0 amide bonds. The van der Waals surface area contributed by atoms with Crippen molar-refractivity contribution in [2.45, 2.75) is 6.10 Å². The van der Waals surface area contributed by atoms with Crippen LogP contribution in [0.25, 0.3) is 0 Å². The van der Waals surface area contributed by atoms with E-state index in [4.69, 9.17) is 9.47 Å². The number of hydrogen-bond donors (Lipinski definition) is 0. The van der Waals surface area contributed by atoms with Gasteiger partial charge in [-0.05, 0) is 28.1 Å². The van der Waals surface area contributed by atoms with E-state index >= 15 is 0 Å². The first-order valence-corrected chi connectivity index (χ1v) is 5.46. The van der Waals surface area contributed by atoms with Crippen molar-refractivity contribution in [3.63, 3.8) is 0 Å². The molecule has 1 unspecified atom stereocenters. The highest BCUT2D eigenvalue weighted by Gasteiger charge is 2.21. The lowest BCUT2D eigenvalue weighted by Crippen LogP contribution is -2.33. The molecule has 1 rings (SSSR count).